The molecule has 0 fully saturated rings. The molecule has 0 aliphatic carbocycles. The second kappa shape index (κ2) is 4.95. The number of rotatable bonds is 4. The Kier molecular flexibility index (Phi) is 3.37. The number of aryl methyl sites for hydroxylation is 1. The molecule has 0 spiro atoms. The van der Waals surface area contributed by atoms with E-state index in [0.717, 1.165) is 17.3 Å². The zero-order chi connectivity index (χ0) is 12.3. The molecule has 5 heteroatoms. The van der Waals surface area contributed by atoms with E-state index in [1.807, 2.05) is 31.2 Å². The lowest BCUT2D eigenvalue weighted by Gasteiger charge is -2.09. The largest absolute Gasteiger partial charge is 0.493 e. The molecule has 0 atom stereocenters. The average Bonchev–Trinajstić information content (AvgIpc) is 2.73. The van der Waals surface area contributed by atoms with Gasteiger partial charge in [-0.15, -0.1) is 5.10 Å². The third-order valence-electron chi connectivity index (χ3n) is 2.27. The molecule has 1 heterocycles. The van der Waals surface area contributed by atoms with E-state index in [1.165, 1.54) is 0 Å². The van der Waals surface area contributed by atoms with Gasteiger partial charge in [-0.05, 0) is 35.4 Å². The lowest BCUT2D eigenvalue weighted by molar-refractivity contribution is 0.271. The van der Waals surface area contributed by atoms with Crippen molar-refractivity contribution in [1.82, 2.24) is 20.2 Å². The molecule has 2 aromatic rings. The fourth-order valence-electron chi connectivity index (χ4n) is 1.44. The van der Waals surface area contributed by atoms with E-state index < -0.39 is 0 Å². The van der Waals surface area contributed by atoms with Crippen LogP contribution in [0.25, 0.3) is 5.69 Å². The molecule has 0 saturated heterocycles. The minimum atomic E-state index is 0.508. The number of hydrogen-bond acceptors (Lipinski definition) is 4. The summed E-state index contributed by atoms with van der Waals surface area (Å²) >= 11 is 0. The van der Waals surface area contributed by atoms with Gasteiger partial charge in [0.2, 0.25) is 0 Å². The number of nitrogens with zero attached hydrogens (tertiary/aromatic N) is 4. The molecule has 1 aromatic carbocycles. The van der Waals surface area contributed by atoms with Crippen LogP contribution in [0.4, 0.5) is 0 Å². The van der Waals surface area contributed by atoms with Crippen molar-refractivity contribution >= 4 is 0 Å². The molecule has 1 aromatic heterocycles. The summed E-state index contributed by atoms with van der Waals surface area (Å²) in [4.78, 5) is 0. The number of ether oxygens (including phenoxy) is 1. The number of hydrogen-bond donors (Lipinski definition) is 0. The van der Waals surface area contributed by atoms with Crippen molar-refractivity contribution in [1.29, 1.82) is 0 Å². The predicted molar refractivity (Wildman–Crippen MR) is 64.2 cm³/mol. The lowest BCUT2D eigenvalue weighted by atomic mass is 10.2. The maximum Gasteiger partial charge on any atom is 0.153 e. The zero-order valence-electron chi connectivity index (χ0n) is 10.3. The van der Waals surface area contributed by atoms with Crippen molar-refractivity contribution in [2.45, 2.75) is 20.8 Å². The summed E-state index contributed by atoms with van der Waals surface area (Å²) in [5.41, 5.74) is 0.911. The van der Waals surface area contributed by atoms with E-state index in [0.29, 0.717) is 12.5 Å². The average molecular weight is 232 g/mol. The van der Waals surface area contributed by atoms with Crippen molar-refractivity contribution in [2.75, 3.05) is 6.61 Å². The van der Waals surface area contributed by atoms with Crippen molar-refractivity contribution in [3.05, 3.63) is 30.1 Å². The van der Waals surface area contributed by atoms with Gasteiger partial charge in [-0.3, -0.25) is 0 Å². The molecule has 0 N–H and O–H groups in total. The van der Waals surface area contributed by atoms with E-state index >= 15 is 0 Å². The first-order chi connectivity index (χ1) is 8.16. The van der Waals surface area contributed by atoms with E-state index in [1.54, 1.807) is 4.68 Å². The summed E-state index contributed by atoms with van der Waals surface area (Å²) in [6.07, 6.45) is 0. The first-order valence-electron chi connectivity index (χ1n) is 5.65. The Labute approximate surface area is 100 Å². The molecule has 0 amide bonds. The molecular weight excluding hydrogens is 216 g/mol. The summed E-state index contributed by atoms with van der Waals surface area (Å²) in [5.74, 6) is 2.10. The highest BCUT2D eigenvalue weighted by atomic mass is 16.5. The summed E-state index contributed by atoms with van der Waals surface area (Å²) in [6.45, 7) is 6.81. The number of aromatic nitrogens is 4. The predicted octanol–water partition coefficient (Wildman–Crippen LogP) is 2.01. The van der Waals surface area contributed by atoms with Crippen LogP contribution in [0.5, 0.6) is 5.75 Å². The highest BCUT2D eigenvalue weighted by Gasteiger charge is 2.05. The molecule has 0 radical (unpaired) electrons. The normalized spacial score (nSPS) is 10.8. The molecule has 5 nitrogen and oxygen atoms in total. The fourth-order valence-corrected chi connectivity index (χ4v) is 1.44. The summed E-state index contributed by atoms with van der Waals surface area (Å²) in [6, 6.07) is 7.76. The zero-order valence-corrected chi connectivity index (χ0v) is 10.3. The lowest BCUT2D eigenvalue weighted by Crippen LogP contribution is -2.05. The van der Waals surface area contributed by atoms with Gasteiger partial charge in [-0.1, -0.05) is 19.9 Å². The van der Waals surface area contributed by atoms with Crippen LogP contribution in [0.1, 0.15) is 19.7 Å². The second-order valence-corrected chi connectivity index (χ2v) is 4.34. The minimum Gasteiger partial charge on any atom is -0.493 e. The number of benzene rings is 1. The van der Waals surface area contributed by atoms with E-state index in [4.69, 9.17) is 4.74 Å². The molecule has 0 bridgehead atoms. The molecule has 0 aliphatic rings. The molecule has 0 unspecified atom stereocenters. The maximum atomic E-state index is 5.66. The van der Waals surface area contributed by atoms with Crippen LogP contribution >= 0.6 is 0 Å². The third-order valence-corrected chi connectivity index (χ3v) is 2.27. The van der Waals surface area contributed by atoms with Crippen LogP contribution in [0.15, 0.2) is 24.3 Å². The SMILES string of the molecule is Cc1nnnn1-c1cccc(OCC(C)C)c1. The van der Waals surface area contributed by atoms with Gasteiger partial charge in [0.1, 0.15) is 5.75 Å². The molecule has 90 valence electrons. The number of tetrazole rings is 1. The van der Waals surface area contributed by atoms with Gasteiger partial charge in [0, 0.05) is 6.07 Å². The quantitative estimate of drug-likeness (QED) is 0.809. The first kappa shape index (κ1) is 11.6. The van der Waals surface area contributed by atoms with Crippen LogP contribution in [-0.2, 0) is 0 Å². The van der Waals surface area contributed by atoms with Crippen LogP contribution in [0.3, 0.4) is 0 Å². The fraction of sp³-hybridized carbons (Fsp3) is 0.417. The van der Waals surface area contributed by atoms with Crippen molar-refractivity contribution in [2.24, 2.45) is 5.92 Å². The second-order valence-electron chi connectivity index (χ2n) is 4.34. The van der Waals surface area contributed by atoms with E-state index in [2.05, 4.69) is 29.4 Å². The van der Waals surface area contributed by atoms with Crippen LogP contribution in [0.2, 0.25) is 0 Å². The van der Waals surface area contributed by atoms with Crippen molar-refractivity contribution in [3.8, 4) is 11.4 Å². The standard InChI is InChI=1S/C12H16N4O/c1-9(2)8-17-12-6-4-5-11(7-12)16-10(3)13-14-15-16/h4-7,9H,8H2,1-3H3. The maximum absolute atomic E-state index is 5.66. The monoisotopic (exact) mass is 232 g/mol. The first-order valence-corrected chi connectivity index (χ1v) is 5.65. The van der Waals surface area contributed by atoms with Gasteiger partial charge < -0.3 is 4.74 Å². The van der Waals surface area contributed by atoms with Crippen LogP contribution in [-0.4, -0.2) is 26.8 Å². The van der Waals surface area contributed by atoms with E-state index in [9.17, 15) is 0 Å². The van der Waals surface area contributed by atoms with Gasteiger partial charge in [-0.25, -0.2) is 0 Å². The Morgan fingerprint density at radius 2 is 2.18 bits per heavy atom. The minimum absolute atomic E-state index is 0.508. The van der Waals surface area contributed by atoms with Gasteiger partial charge in [0.15, 0.2) is 5.82 Å². The van der Waals surface area contributed by atoms with Gasteiger partial charge in [-0.2, -0.15) is 4.68 Å². The molecular formula is C12H16N4O. The van der Waals surface area contributed by atoms with Crippen LogP contribution < -0.4 is 4.74 Å². The Morgan fingerprint density at radius 3 is 2.82 bits per heavy atom. The summed E-state index contributed by atoms with van der Waals surface area (Å²) in [5, 5.41) is 11.4. The smallest absolute Gasteiger partial charge is 0.153 e. The summed E-state index contributed by atoms with van der Waals surface area (Å²) in [7, 11) is 0. The highest BCUT2D eigenvalue weighted by molar-refractivity contribution is 5.38. The Hall–Kier alpha value is -1.91. The highest BCUT2D eigenvalue weighted by Crippen LogP contribution is 2.17. The summed E-state index contributed by atoms with van der Waals surface area (Å²) < 4.78 is 7.35. The van der Waals surface area contributed by atoms with Crippen molar-refractivity contribution in [3.63, 3.8) is 0 Å². The molecule has 2 rings (SSSR count). The van der Waals surface area contributed by atoms with Gasteiger partial charge in [0.05, 0.1) is 12.3 Å². The topological polar surface area (TPSA) is 52.8 Å². The Balaban J connectivity index is 2.20. The van der Waals surface area contributed by atoms with Crippen molar-refractivity contribution < 1.29 is 4.74 Å². The van der Waals surface area contributed by atoms with Crippen LogP contribution in [0, 0.1) is 12.8 Å². The van der Waals surface area contributed by atoms with Gasteiger partial charge >= 0.3 is 0 Å². The van der Waals surface area contributed by atoms with E-state index in [-0.39, 0.29) is 0 Å². The molecule has 17 heavy (non-hydrogen) atoms. The third kappa shape index (κ3) is 2.81. The molecule has 0 aliphatic heterocycles. The Bertz CT molecular complexity index is 493. The Morgan fingerprint density at radius 1 is 1.35 bits per heavy atom. The molecule has 0 saturated carbocycles. The van der Waals surface area contributed by atoms with Gasteiger partial charge in [0.25, 0.3) is 0 Å².